The second kappa shape index (κ2) is 18.6. The van der Waals surface area contributed by atoms with Gasteiger partial charge in [-0.05, 0) is 0 Å². The maximum atomic E-state index is 0. The van der Waals surface area contributed by atoms with Gasteiger partial charge in [0, 0.05) is 73.4 Å². The van der Waals surface area contributed by atoms with E-state index in [4.69, 9.17) is 0 Å². The van der Waals surface area contributed by atoms with Gasteiger partial charge in [-0.15, -0.1) is 0 Å². The van der Waals surface area contributed by atoms with Crippen molar-refractivity contribution in [2.24, 2.45) is 0 Å². The van der Waals surface area contributed by atoms with Gasteiger partial charge in [0.15, 0.2) is 0 Å². The smallest absolute Gasteiger partial charge is 0 e. The summed E-state index contributed by atoms with van der Waals surface area (Å²) in [4.78, 5) is 0. The van der Waals surface area contributed by atoms with E-state index in [0.29, 0.717) is 0 Å². The molecule has 4 heavy (non-hydrogen) atoms. The summed E-state index contributed by atoms with van der Waals surface area (Å²) in [5.74, 6) is 0. The Bertz CT molecular complexity index is 3.25. The van der Waals surface area contributed by atoms with E-state index < -0.39 is 0 Å². The summed E-state index contributed by atoms with van der Waals surface area (Å²) in [6.45, 7) is 0. The van der Waals surface area contributed by atoms with Gasteiger partial charge in [-0.25, -0.2) is 0 Å². The Kier molecular flexibility index (Phi) is 157. The molecule has 0 N–H and O–H groups in total. The third-order valence-electron chi connectivity index (χ3n) is 0. The molecular weight excluding hydrogens is 295 g/mol. The van der Waals surface area contributed by atoms with Crippen LogP contribution in [0.25, 0.3) is 0 Å². The van der Waals surface area contributed by atoms with Crippen LogP contribution in [0.1, 0.15) is 0 Å². The van der Waals surface area contributed by atoms with Crippen LogP contribution in [-0.4, -0.2) is 23.9 Å². The molecule has 0 fully saturated rings. The molecule has 0 aliphatic rings. The summed E-state index contributed by atoms with van der Waals surface area (Å²) in [5, 5.41) is 0. The molecule has 34 valence electrons. The van der Waals surface area contributed by atoms with E-state index in [-0.39, 0.29) is 73.4 Å². The molecule has 0 spiro atoms. The van der Waals surface area contributed by atoms with Crippen molar-refractivity contribution in [3.63, 3.8) is 0 Å². The van der Waals surface area contributed by atoms with Crippen LogP contribution in [-0.2, 0) is 49.5 Å². The van der Waals surface area contributed by atoms with Crippen LogP contribution in [0.5, 0.6) is 0 Å². The van der Waals surface area contributed by atoms with Gasteiger partial charge >= 0.3 is 0 Å². The molecule has 0 rings (SSSR count). The summed E-state index contributed by atoms with van der Waals surface area (Å²) in [6, 6.07) is 0. The molecular formula is Ni3Sn. The monoisotopic (exact) mass is 294 g/mol. The molecule has 0 saturated carbocycles. The van der Waals surface area contributed by atoms with Gasteiger partial charge < -0.3 is 0 Å². The molecule has 0 aromatic heterocycles. The average Bonchev–Trinajstić information content (AvgIpc) is 0. The van der Waals surface area contributed by atoms with Crippen LogP contribution >= 0.6 is 0 Å². The second-order valence-electron chi connectivity index (χ2n) is 0. The van der Waals surface area contributed by atoms with Crippen molar-refractivity contribution in [1.82, 2.24) is 0 Å². The summed E-state index contributed by atoms with van der Waals surface area (Å²) in [5.41, 5.74) is 0. The van der Waals surface area contributed by atoms with Gasteiger partial charge in [0.2, 0.25) is 0 Å². The molecule has 0 amide bonds. The van der Waals surface area contributed by atoms with Gasteiger partial charge in [0.05, 0.1) is 0 Å². The minimum Gasteiger partial charge on any atom is 0 e. The number of hydrogen-bond donors (Lipinski definition) is 0. The maximum absolute atomic E-state index is 0. The first-order chi connectivity index (χ1) is 0. The minimum absolute atomic E-state index is 0. The fourth-order valence-corrected chi connectivity index (χ4v) is 0. The summed E-state index contributed by atoms with van der Waals surface area (Å²) < 4.78 is 0. The van der Waals surface area contributed by atoms with Gasteiger partial charge in [-0.3, -0.25) is 0 Å². The molecule has 0 aliphatic carbocycles. The van der Waals surface area contributed by atoms with Crippen LogP contribution in [0.2, 0.25) is 0 Å². The Morgan fingerprint density at radius 1 is 0.500 bits per heavy atom. The molecule has 0 heterocycles. The summed E-state index contributed by atoms with van der Waals surface area (Å²) >= 11 is 0. The van der Waals surface area contributed by atoms with E-state index in [0.717, 1.165) is 0 Å². The fraction of sp³-hybridized carbons (Fsp3) is 0. The molecule has 0 aliphatic heterocycles. The van der Waals surface area contributed by atoms with Gasteiger partial charge in [-0.1, -0.05) is 0 Å². The van der Waals surface area contributed by atoms with Crippen molar-refractivity contribution in [2.45, 2.75) is 0 Å². The van der Waals surface area contributed by atoms with E-state index in [1.165, 1.54) is 0 Å². The zero-order valence-corrected chi connectivity index (χ0v) is 7.27. The van der Waals surface area contributed by atoms with Crippen molar-refractivity contribution < 1.29 is 49.5 Å². The van der Waals surface area contributed by atoms with Gasteiger partial charge in [0.25, 0.3) is 0 Å². The van der Waals surface area contributed by atoms with Crippen LogP contribution in [0, 0.1) is 0 Å². The maximum Gasteiger partial charge on any atom is 0 e. The van der Waals surface area contributed by atoms with E-state index in [1.807, 2.05) is 0 Å². The van der Waals surface area contributed by atoms with Crippen LogP contribution in [0.4, 0.5) is 0 Å². The van der Waals surface area contributed by atoms with E-state index in [1.54, 1.807) is 0 Å². The first kappa shape index (κ1) is 33.7. The predicted octanol–water partition coefficient (Wildman–Crippen LogP) is -0.388. The molecule has 0 saturated heterocycles. The first-order valence-corrected chi connectivity index (χ1v) is 0. The molecule has 0 nitrogen and oxygen atoms in total. The Morgan fingerprint density at radius 2 is 0.500 bits per heavy atom. The largest absolute Gasteiger partial charge is 0 e. The quantitative estimate of drug-likeness (QED) is 0.534. The van der Waals surface area contributed by atoms with Crippen LogP contribution in [0.15, 0.2) is 0 Å². The van der Waals surface area contributed by atoms with Crippen molar-refractivity contribution in [3.05, 3.63) is 0 Å². The molecule has 4 heteroatoms. The number of rotatable bonds is 0. The Balaban J connectivity index is 0. The predicted molar refractivity (Wildman–Crippen MR) is 5.75 cm³/mol. The van der Waals surface area contributed by atoms with E-state index in [9.17, 15) is 0 Å². The first-order valence-electron chi connectivity index (χ1n) is 0. The topological polar surface area (TPSA) is 0 Å². The normalized spacial score (nSPS) is 0. The Morgan fingerprint density at radius 3 is 0.500 bits per heavy atom. The molecule has 0 atom stereocenters. The van der Waals surface area contributed by atoms with Crippen molar-refractivity contribution in [1.29, 1.82) is 0 Å². The van der Waals surface area contributed by atoms with Crippen molar-refractivity contribution >= 4 is 23.9 Å². The zero-order chi connectivity index (χ0) is 0. The zero-order valence-electron chi connectivity index (χ0n) is 1.45. The van der Waals surface area contributed by atoms with Crippen LogP contribution < -0.4 is 0 Å². The molecule has 0 aromatic carbocycles. The van der Waals surface area contributed by atoms with Gasteiger partial charge in [0.1, 0.15) is 0 Å². The Labute approximate surface area is 72.6 Å². The third-order valence-corrected chi connectivity index (χ3v) is 0. The minimum atomic E-state index is 0. The molecule has 4 radical (unpaired) electrons. The summed E-state index contributed by atoms with van der Waals surface area (Å²) in [7, 11) is 0. The van der Waals surface area contributed by atoms with E-state index in [2.05, 4.69) is 0 Å². The fourth-order valence-electron chi connectivity index (χ4n) is 0. The van der Waals surface area contributed by atoms with Crippen molar-refractivity contribution in [2.75, 3.05) is 0 Å². The van der Waals surface area contributed by atoms with E-state index >= 15 is 0 Å². The van der Waals surface area contributed by atoms with Crippen LogP contribution in [0.3, 0.4) is 0 Å². The SMILES string of the molecule is [Ni].[Ni].[Ni].[Sn]. The number of hydrogen-bond acceptors (Lipinski definition) is 0. The Hall–Kier alpha value is 2.28. The second-order valence-corrected chi connectivity index (χ2v) is 0. The standard InChI is InChI=1S/3Ni.Sn. The third kappa shape index (κ3) is 8.86. The van der Waals surface area contributed by atoms with Crippen molar-refractivity contribution in [3.8, 4) is 0 Å². The average molecular weight is 295 g/mol. The molecule has 0 bridgehead atoms. The molecule has 0 aromatic rings. The summed E-state index contributed by atoms with van der Waals surface area (Å²) in [6.07, 6.45) is 0. The molecule has 0 unspecified atom stereocenters. The van der Waals surface area contributed by atoms with Gasteiger partial charge in [-0.2, -0.15) is 0 Å².